The van der Waals surface area contributed by atoms with Crippen molar-refractivity contribution in [3.63, 3.8) is 0 Å². The van der Waals surface area contributed by atoms with E-state index in [1.54, 1.807) is 25.2 Å². The van der Waals surface area contributed by atoms with Crippen molar-refractivity contribution in [1.82, 2.24) is 0 Å². The summed E-state index contributed by atoms with van der Waals surface area (Å²) < 4.78 is 14.4. The molecule has 0 bridgehead atoms. The van der Waals surface area contributed by atoms with E-state index in [2.05, 4.69) is 17.6 Å². The quantitative estimate of drug-likeness (QED) is 0.818. The van der Waals surface area contributed by atoms with Crippen LogP contribution in [0.3, 0.4) is 0 Å². The van der Waals surface area contributed by atoms with Gasteiger partial charge >= 0.3 is 0 Å². The number of carbonyl (C=O) groups is 2. The Balaban J connectivity index is 1.95. The lowest BCUT2D eigenvalue weighted by Gasteiger charge is -2.27. The van der Waals surface area contributed by atoms with Crippen LogP contribution in [0.2, 0.25) is 0 Å². The topological polar surface area (TPSA) is 61.4 Å². The minimum absolute atomic E-state index is 0.0205. The molecule has 2 amide bonds. The molecule has 5 nitrogen and oxygen atoms in total. The normalized spacial score (nSPS) is 13.6. The van der Waals surface area contributed by atoms with Crippen molar-refractivity contribution in [1.29, 1.82) is 0 Å². The Morgan fingerprint density at radius 3 is 2.56 bits per heavy atom. The van der Waals surface area contributed by atoms with Gasteiger partial charge in [0.2, 0.25) is 5.91 Å². The molecule has 1 heterocycles. The summed E-state index contributed by atoms with van der Waals surface area (Å²) >= 11 is 0. The lowest BCUT2D eigenvalue weighted by atomic mass is 9.97. The fraction of sp³-hybridized carbons (Fsp3) is 0.263. The lowest BCUT2D eigenvalue weighted by molar-refractivity contribution is -0.117. The third-order valence-corrected chi connectivity index (χ3v) is 4.19. The molecule has 0 aromatic heterocycles. The number of anilines is 3. The molecule has 0 radical (unpaired) electrons. The molecule has 2 aromatic carbocycles. The van der Waals surface area contributed by atoms with Crippen LogP contribution in [0.25, 0.3) is 0 Å². The number of hydrogen-bond donors (Lipinski definition) is 2. The zero-order valence-corrected chi connectivity index (χ0v) is 14.2. The third-order valence-electron chi connectivity index (χ3n) is 4.19. The van der Waals surface area contributed by atoms with Crippen LogP contribution in [0.15, 0.2) is 36.4 Å². The number of amides is 2. The number of imide groups is 1. The van der Waals surface area contributed by atoms with E-state index >= 15 is 0 Å². The minimum atomic E-state index is -0.613. The van der Waals surface area contributed by atoms with E-state index in [9.17, 15) is 14.0 Å². The molecule has 0 unspecified atom stereocenters. The van der Waals surface area contributed by atoms with Gasteiger partial charge in [-0.2, -0.15) is 0 Å². The van der Waals surface area contributed by atoms with Crippen LogP contribution >= 0.6 is 0 Å². The van der Waals surface area contributed by atoms with Gasteiger partial charge in [-0.05, 0) is 48.4 Å². The highest BCUT2D eigenvalue weighted by Crippen LogP contribution is 2.30. The van der Waals surface area contributed by atoms with E-state index in [4.69, 9.17) is 0 Å². The summed E-state index contributed by atoms with van der Waals surface area (Å²) in [5.41, 5.74) is 2.52. The molecule has 2 N–H and O–H groups in total. The highest BCUT2D eigenvalue weighted by atomic mass is 19.1. The van der Waals surface area contributed by atoms with Gasteiger partial charge in [0.1, 0.15) is 5.82 Å². The molecular formula is C19H20FN3O2. The standard InChI is InChI=1S/C19H20FN3O2/c1-3-8-22-14-4-6-15-12(9-14)10-18(24)23(19(15)25)17-7-5-13(21-2)11-16(17)20/h4-7,9,11,21-22H,3,8,10H2,1-2H3. The molecular weight excluding hydrogens is 321 g/mol. The van der Waals surface area contributed by atoms with Crippen molar-refractivity contribution >= 4 is 28.9 Å². The average Bonchev–Trinajstić information content (AvgIpc) is 2.60. The molecule has 0 saturated carbocycles. The summed E-state index contributed by atoms with van der Waals surface area (Å²) in [6, 6.07) is 9.66. The fourth-order valence-electron chi connectivity index (χ4n) is 2.89. The van der Waals surface area contributed by atoms with Crippen LogP contribution in [0.4, 0.5) is 21.5 Å². The monoisotopic (exact) mass is 341 g/mol. The summed E-state index contributed by atoms with van der Waals surface area (Å²) in [6.45, 7) is 2.88. The first kappa shape index (κ1) is 17.0. The van der Waals surface area contributed by atoms with Crippen LogP contribution in [0.1, 0.15) is 29.3 Å². The number of fused-ring (bicyclic) bond motifs is 1. The zero-order chi connectivity index (χ0) is 18.0. The van der Waals surface area contributed by atoms with E-state index < -0.39 is 17.6 Å². The van der Waals surface area contributed by atoms with Gasteiger partial charge in [-0.3, -0.25) is 9.59 Å². The van der Waals surface area contributed by atoms with Gasteiger partial charge in [-0.25, -0.2) is 9.29 Å². The Morgan fingerprint density at radius 2 is 1.88 bits per heavy atom. The number of benzene rings is 2. The van der Waals surface area contributed by atoms with Crippen molar-refractivity contribution in [2.45, 2.75) is 19.8 Å². The molecule has 0 fully saturated rings. The van der Waals surface area contributed by atoms with E-state index in [1.165, 1.54) is 12.1 Å². The van der Waals surface area contributed by atoms with Crippen molar-refractivity contribution in [2.24, 2.45) is 0 Å². The van der Waals surface area contributed by atoms with Gasteiger partial charge in [-0.1, -0.05) is 6.92 Å². The first-order chi connectivity index (χ1) is 12.0. The van der Waals surface area contributed by atoms with Crippen molar-refractivity contribution in [3.8, 4) is 0 Å². The van der Waals surface area contributed by atoms with Crippen LogP contribution in [0, 0.1) is 5.82 Å². The molecule has 1 aliphatic rings. The first-order valence-electron chi connectivity index (χ1n) is 8.26. The molecule has 0 atom stereocenters. The zero-order valence-electron chi connectivity index (χ0n) is 14.2. The van der Waals surface area contributed by atoms with Crippen molar-refractivity contribution in [3.05, 3.63) is 53.3 Å². The van der Waals surface area contributed by atoms with Crippen molar-refractivity contribution < 1.29 is 14.0 Å². The smallest absolute Gasteiger partial charge is 0.265 e. The Kier molecular flexibility index (Phi) is 4.70. The average molecular weight is 341 g/mol. The third kappa shape index (κ3) is 3.20. The van der Waals surface area contributed by atoms with Gasteiger partial charge in [-0.15, -0.1) is 0 Å². The summed E-state index contributed by atoms with van der Waals surface area (Å²) in [7, 11) is 1.67. The number of nitrogens with zero attached hydrogens (tertiary/aromatic N) is 1. The molecule has 0 saturated heterocycles. The van der Waals surface area contributed by atoms with E-state index in [-0.39, 0.29) is 12.1 Å². The first-order valence-corrected chi connectivity index (χ1v) is 8.26. The van der Waals surface area contributed by atoms with Gasteiger partial charge in [0.25, 0.3) is 5.91 Å². The fourth-order valence-corrected chi connectivity index (χ4v) is 2.89. The summed E-state index contributed by atoms with van der Waals surface area (Å²) in [5.74, 6) is -1.54. The predicted molar refractivity (Wildman–Crippen MR) is 96.7 cm³/mol. The van der Waals surface area contributed by atoms with Crippen LogP contribution in [-0.4, -0.2) is 25.4 Å². The van der Waals surface area contributed by atoms with E-state index in [1.807, 2.05) is 6.07 Å². The number of rotatable bonds is 5. The number of carbonyl (C=O) groups excluding carboxylic acids is 2. The van der Waals surface area contributed by atoms with E-state index in [0.29, 0.717) is 16.8 Å². The largest absolute Gasteiger partial charge is 0.388 e. The van der Waals surface area contributed by atoms with E-state index in [0.717, 1.165) is 23.6 Å². The summed E-state index contributed by atoms with van der Waals surface area (Å²) in [5, 5.41) is 6.06. The van der Waals surface area contributed by atoms with Gasteiger partial charge in [0, 0.05) is 30.5 Å². The second kappa shape index (κ2) is 6.93. The van der Waals surface area contributed by atoms with Crippen LogP contribution in [0.5, 0.6) is 0 Å². The molecule has 130 valence electrons. The Hall–Kier alpha value is -2.89. The highest BCUT2D eigenvalue weighted by molar-refractivity contribution is 6.24. The SMILES string of the molecule is CCCNc1ccc2c(c1)CC(=O)N(c1ccc(NC)cc1F)C2=O. The second-order valence-electron chi connectivity index (χ2n) is 5.93. The maximum atomic E-state index is 14.4. The molecule has 2 aromatic rings. The number of halogens is 1. The lowest BCUT2D eigenvalue weighted by Crippen LogP contribution is -2.43. The molecule has 0 spiro atoms. The van der Waals surface area contributed by atoms with Crippen LogP contribution in [-0.2, 0) is 11.2 Å². The highest BCUT2D eigenvalue weighted by Gasteiger charge is 2.33. The minimum Gasteiger partial charge on any atom is -0.388 e. The predicted octanol–water partition coefficient (Wildman–Crippen LogP) is 3.42. The Bertz CT molecular complexity index is 835. The van der Waals surface area contributed by atoms with Crippen molar-refractivity contribution in [2.75, 3.05) is 29.1 Å². The van der Waals surface area contributed by atoms with Crippen LogP contribution < -0.4 is 15.5 Å². The second-order valence-corrected chi connectivity index (χ2v) is 5.93. The van der Waals surface area contributed by atoms with Gasteiger partial charge in [0.05, 0.1) is 12.1 Å². The Morgan fingerprint density at radius 1 is 1.12 bits per heavy atom. The molecule has 6 heteroatoms. The molecule has 1 aliphatic heterocycles. The van der Waals surface area contributed by atoms with Gasteiger partial charge in [0.15, 0.2) is 0 Å². The maximum absolute atomic E-state index is 14.4. The molecule has 0 aliphatic carbocycles. The number of hydrogen-bond acceptors (Lipinski definition) is 4. The summed E-state index contributed by atoms with van der Waals surface area (Å²) in [6.07, 6.45) is 1.04. The summed E-state index contributed by atoms with van der Waals surface area (Å²) in [4.78, 5) is 26.2. The van der Waals surface area contributed by atoms with Gasteiger partial charge < -0.3 is 10.6 Å². The maximum Gasteiger partial charge on any atom is 0.265 e. The Labute approximate surface area is 145 Å². The molecule has 3 rings (SSSR count). The number of nitrogens with one attached hydrogen (secondary N) is 2. The molecule has 25 heavy (non-hydrogen) atoms.